The number of aromatic nitrogens is 1. The van der Waals surface area contributed by atoms with Gasteiger partial charge >= 0.3 is 0 Å². The summed E-state index contributed by atoms with van der Waals surface area (Å²) in [5, 5.41) is 3.34. The van der Waals surface area contributed by atoms with Crippen molar-refractivity contribution in [2.75, 3.05) is 13.6 Å². The summed E-state index contributed by atoms with van der Waals surface area (Å²) in [4.78, 5) is 4.31. The van der Waals surface area contributed by atoms with Crippen molar-refractivity contribution in [3.8, 4) is 0 Å². The first-order valence-electron chi connectivity index (χ1n) is 6.22. The Bertz CT molecular complexity index is 545. The molecular formula is C14H21N3O. The van der Waals surface area contributed by atoms with Crippen LogP contribution < -0.4 is 11.1 Å². The summed E-state index contributed by atoms with van der Waals surface area (Å²) in [5.74, 6) is 0.696. The number of nitrogens with two attached hydrogens (primary N) is 1. The molecule has 4 nitrogen and oxygen atoms in total. The van der Waals surface area contributed by atoms with Crippen LogP contribution >= 0.6 is 0 Å². The Morgan fingerprint density at radius 3 is 2.78 bits per heavy atom. The molecule has 2 rings (SSSR count). The van der Waals surface area contributed by atoms with Crippen LogP contribution in [0.15, 0.2) is 22.6 Å². The van der Waals surface area contributed by atoms with Crippen molar-refractivity contribution in [1.82, 2.24) is 10.3 Å². The Hall–Kier alpha value is -1.39. The summed E-state index contributed by atoms with van der Waals surface area (Å²) in [6.07, 6.45) is 0. The third-order valence-electron chi connectivity index (χ3n) is 3.45. The van der Waals surface area contributed by atoms with Gasteiger partial charge in [-0.25, -0.2) is 4.98 Å². The van der Waals surface area contributed by atoms with Gasteiger partial charge < -0.3 is 15.5 Å². The molecule has 0 fully saturated rings. The van der Waals surface area contributed by atoms with E-state index in [0.29, 0.717) is 12.4 Å². The highest BCUT2D eigenvalue weighted by Crippen LogP contribution is 2.33. The van der Waals surface area contributed by atoms with Gasteiger partial charge in [0.05, 0.1) is 0 Å². The van der Waals surface area contributed by atoms with Gasteiger partial charge in [0.1, 0.15) is 5.52 Å². The van der Waals surface area contributed by atoms with E-state index >= 15 is 0 Å². The fraction of sp³-hybridized carbons (Fsp3) is 0.500. The topological polar surface area (TPSA) is 64.1 Å². The highest BCUT2D eigenvalue weighted by molar-refractivity contribution is 5.73. The van der Waals surface area contributed by atoms with Gasteiger partial charge in [-0.15, -0.1) is 0 Å². The SMILES string of the molecule is CNC(c1ccc2nc(C)oc2c1)C(C)(C)CN. The van der Waals surface area contributed by atoms with Crippen molar-refractivity contribution in [3.63, 3.8) is 0 Å². The number of fused-ring (bicyclic) bond motifs is 1. The largest absolute Gasteiger partial charge is 0.441 e. The zero-order chi connectivity index (χ0) is 13.3. The van der Waals surface area contributed by atoms with Crippen LogP contribution in [0.25, 0.3) is 11.1 Å². The number of hydrogen-bond acceptors (Lipinski definition) is 4. The van der Waals surface area contributed by atoms with E-state index in [4.69, 9.17) is 10.2 Å². The van der Waals surface area contributed by atoms with Crippen molar-refractivity contribution < 1.29 is 4.42 Å². The molecule has 0 amide bonds. The van der Waals surface area contributed by atoms with Gasteiger partial charge in [0.2, 0.25) is 0 Å². The Labute approximate surface area is 108 Å². The van der Waals surface area contributed by atoms with Crippen LogP contribution in [-0.2, 0) is 0 Å². The summed E-state index contributed by atoms with van der Waals surface area (Å²) in [6.45, 7) is 6.79. The summed E-state index contributed by atoms with van der Waals surface area (Å²) < 4.78 is 5.58. The summed E-state index contributed by atoms with van der Waals surface area (Å²) in [5.41, 5.74) is 8.75. The molecule has 1 unspecified atom stereocenters. The molecule has 0 aliphatic rings. The van der Waals surface area contributed by atoms with Gasteiger partial charge in [-0.1, -0.05) is 19.9 Å². The summed E-state index contributed by atoms with van der Waals surface area (Å²) in [7, 11) is 1.96. The molecule has 18 heavy (non-hydrogen) atoms. The number of rotatable bonds is 4. The molecule has 0 saturated heterocycles. The number of oxazole rings is 1. The average molecular weight is 247 g/mol. The number of nitrogens with one attached hydrogen (secondary N) is 1. The molecule has 0 saturated carbocycles. The van der Waals surface area contributed by atoms with Crippen LogP contribution in [0.4, 0.5) is 0 Å². The molecule has 4 heteroatoms. The van der Waals surface area contributed by atoms with E-state index in [2.05, 4.69) is 30.2 Å². The van der Waals surface area contributed by atoms with E-state index in [1.54, 1.807) is 0 Å². The Morgan fingerprint density at radius 2 is 2.17 bits per heavy atom. The smallest absolute Gasteiger partial charge is 0.192 e. The van der Waals surface area contributed by atoms with Gasteiger partial charge in [0.25, 0.3) is 0 Å². The Morgan fingerprint density at radius 1 is 1.44 bits per heavy atom. The molecule has 0 aliphatic carbocycles. The lowest BCUT2D eigenvalue weighted by atomic mass is 9.80. The van der Waals surface area contributed by atoms with E-state index in [9.17, 15) is 0 Å². The first-order chi connectivity index (χ1) is 8.47. The minimum absolute atomic E-state index is 0.0164. The van der Waals surface area contributed by atoms with Crippen LogP contribution in [-0.4, -0.2) is 18.6 Å². The first-order valence-corrected chi connectivity index (χ1v) is 6.22. The highest BCUT2D eigenvalue weighted by Gasteiger charge is 2.28. The lowest BCUT2D eigenvalue weighted by molar-refractivity contribution is 0.265. The second kappa shape index (κ2) is 4.71. The van der Waals surface area contributed by atoms with Crippen LogP contribution in [0, 0.1) is 12.3 Å². The lowest BCUT2D eigenvalue weighted by Crippen LogP contribution is -2.37. The van der Waals surface area contributed by atoms with E-state index < -0.39 is 0 Å². The molecule has 0 bridgehead atoms. The fourth-order valence-electron chi connectivity index (χ4n) is 2.36. The van der Waals surface area contributed by atoms with Crippen molar-refractivity contribution >= 4 is 11.1 Å². The van der Waals surface area contributed by atoms with Gasteiger partial charge in [0, 0.05) is 13.0 Å². The number of benzene rings is 1. The maximum Gasteiger partial charge on any atom is 0.192 e. The monoisotopic (exact) mass is 247 g/mol. The number of aryl methyl sites for hydroxylation is 1. The van der Waals surface area contributed by atoms with Crippen molar-refractivity contribution in [2.45, 2.75) is 26.8 Å². The second-order valence-corrected chi connectivity index (χ2v) is 5.37. The molecule has 0 spiro atoms. The van der Waals surface area contributed by atoms with Crippen molar-refractivity contribution in [3.05, 3.63) is 29.7 Å². The predicted molar refractivity (Wildman–Crippen MR) is 73.4 cm³/mol. The van der Waals surface area contributed by atoms with Crippen LogP contribution in [0.1, 0.15) is 31.3 Å². The molecule has 3 N–H and O–H groups in total. The molecule has 1 atom stereocenters. The molecule has 0 aliphatic heterocycles. The van der Waals surface area contributed by atoms with E-state index in [0.717, 1.165) is 11.1 Å². The van der Waals surface area contributed by atoms with Gasteiger partial charge in [-0.2, -0.15) is 0 Å². The fourth-order valence-corrected chi connectivity index (χ4v) is 2.36. The number of nitrogens with zero attached hydrogens (tertiary/aromatic N) is 1. The minimum Gasteiger partial charge on any atom is -0.441 e. The van der Waals surface area contributed by atoms with Crippen LogP contribution in [0.5, 0.6) is 0 Å². The average Bonchev–Trinajstić information content (AvgIpc) is 2.69. The molecule has 1 aromatic carbocycles. The van der Waals surface area contributed by atoms with Crippen LogP contribution in [0.2, 0.25) is 0 Å². The van der Waals surface area contributed by atoms with E-state index in [1.807, 2.05) is 26.1 Å². The molecule has 2 aromatic rings. The second-order valence-electron chi connectivity index (χ2n) is 5.37. The third-order valence-corrected chi connectivity index (χ3v) is 3.45. The zero-order valence-corrected chi connectivity index (χ0v) is 11.4. The highest BCUT2D eigenvalue weighted by atomic mass is 16.3. The zero-order valence-electron chi connectivity index (χ0n) is 11.4. The third kappa shape index (κ3) is 2.26. The Kier molecular flexibility index (Phi) is 3.41. The lowest BCUT2D eigenvalue weighted by Gasteiger charge is -2.33. The van der Waals surface area contributed by atoms with Gasteiger partial charge in [0.15, 0.2) is 11.5 Å². The molecule has 1 heterocycles. The molecule has 98 valence electrons. The molecular weight excluding hydrogens is 226 g/mol. The summed E-state index contributed by atoms with van der Waals surface area (Å²) >= 11 is 0. The first kappa shape index (κ1) is 13.1. The maximum atomic E-state index is 5.86. The summed E-state index contributed by atoms with van der Waals surface area (Å²) in [6, 6.07) is 6.33. The van der Waals surface area contributed by atoms with Crippen molar-refractivity contribution in [2.24, 2.45) is 11.1 Å². The quantitative estimate of drug-likeness (QED) is 0.870. The van der Waals surface area contributed by atoms with Crippen molar-refractivity contribution in [1.29, 1.82) is 0 Å². The van der Waals surface area contributed by atoms with Crippen LogP contribution in [0.3, 0.4) is 0 Å². The molecule has 0 radical (unpaired) electrons. The number of hydrogen-bond donors (Lipinski definition) is 2. The minimum atomic E-state index is -0.0164. The standard InChI is InChI=1S/C14H21N3O/c1-9-17-11-6-5-10(7-12(11)18-9)13(16-4)14(2,3)8-15/h5-7,13,16H,8,15H2,1-4H3. The Balaban J connectivity index is 2.45. The van der Waals surface area contributed by atoms with E-state index in [-0.39, 0.29) is 11.5 Å². The maximum absolute atomic E-state index is 5.86. The van der Waals surface area contributed by atoms with E-state index in [1.165, 1.54) is 5.56 Å². The molecule has 1 aromatic heterocycles. The van der Waals surface area contributed by atoms with Gasteiger partial charge in [-0.05, 0) is 36.7 Å². The predicted octanol–water partition coefficient (Wildman–Crippen LogP) is 2.38. The normalized spacial score (nSPS) is 14.1. The van der Waals surface area contributed by atoms with Gasteiger partial charge in [-0.3, -0.25) is 0 Å².